The maximum absolute atomic E-state index is 12.8. The van der Waals surface area contributed by atoms with Gasteiger partial charge in [0, 0.05) is 12.2 Å². The van der Waals surface area contributed by atoms with E-state index >= 15 is 0 Å². The first kappa shape index (κ1) is 18.3. The van der Waals surface area contributed by atoms with Gasteiger partial charge in [-0.2, -0.15) is 0 Å². The number of hydrogen-bond donors (Lipinski definition) is 2. The fourth-order valence-corrected chi connectivity index (χ4v) is 3.24. The van der Waals surface area contributed by atoms with Gasteiger partial charge in [-0.15, -0.1) is 10.2 Å². The number of carbonyl (C=O) groups is 2. The van der Waals surface area contributed by atoms with Crippen molar-refractivity contribution in [3.05, 3.63) is 35.1 Å². The van der Waals surface area contributed by atoms with Gasteiger partial charge < -0.3 is 10.6 Å². The first-order valence-electron chi connectivity index (χ1n) is 7.38. The van der Waals surface area contributed by atoms with Crippen molar-refractivity contribution in [3.8, 4) is 0 Å². The molecule has 24 heavy (non-hydrogen) atoms. The highest BCUT2D eigenvalue weighted by Crippen LogP contribution is 2.23. The third-order valence-corrected chi connectivity index (χ3v) is 4.94. The van der Waals surface area contributed by atoms with Gasteiger partial charge in [0.05, 0.1) is 5.75 Å². The number of unbranched alkanes of at least 4 members (excludes halogenated alkanes) is 1. The molecule has 2 amide bonds. The highest BCUT2D eigenvalue weighted by atomic mass is 32.2. The Morgan fingerprint density at radius 2 is 2.00 bits per heavy atom. The molecule has 0 atom stereocenters. The predicted octanol–water partition coefficient (Wildman–Crippen LogP) is 2.94. The standard InChI is InChI=1S/C15H17FN4O2S2/c1-2-3-8-17-12(21)9-23-15-20-19-14(24-15)13(22)18-11-6-4-10(16)5-7-11/h4-7H,2-3,8-9H2,1H3,(H,17,21)(H,18,22). The van der Waals surface area contributed by atoms with Gasteiger partial charge in [-0.25, -0.2) is 4.39 Å². The van der Waals surface area contributed by atoms with E-state index in [2.05, 4.69) is 27.8 Å². The number of aromatic nitrogens is 2. The summed E-state index contributed by atoms with van der Waals surface area (Å²) in [6.07, 6.45) is 1.97. The average Bonchev–Trinajstić information content (AvgIpc) is 3.04. The number of anilines is 1. The molecule has 2 rings (SSSR count). The Balaban J connectivity index is 1.82. The number of nitrogens with zero attached hydrogens (tertiary/aromatic N) is 2. The number of benzene rings is 1. The quantitative estimate of drug-likeness (QED) is 0.553. The molecule has 1 aromatic carbocycles. The van der Waals surface area contributed by atoms with E-state index in [0.29, 0.717) is 16.6 Å². The zero-order valence-electron chi connectivity index (χ0n) is 13.0. The summed E-state index contributed by atoms with van der Waals surface area (Å²) >= 11 is 2.34. The van der Waals surface area contributed by atoms with Gasteiger partial charge in [-0.05, 0) is 30.7 Å². The molecular formula is C15H17FN4O2S2. The highest BCUT2D eigenvalue weighted by molar-refractivity contribution is 8.01. The summed E-state index contributed by atoms with van der Waals surface area (Å²) in [5.41, 5.74) is 0.473. The lowest BCUT2D eigenvalue weighted by Gasteiger charge is -2.02. The van der Waals surface area contributed by atoms with E-state index in [1.807, 2.05) is 0 Å². The van der Waals surface area contributed by atoms with E-state index in [1.165, 1.54) is 36.0 Å². The molecule has 2 N–H and O–H groups in total. The monoisotopic (exact) mass is 368 g/mol. The number of thioether (sulfide) groups is 1. The van der Waals surface area contributed by atoms with Gasteiger partial charge >= 0.3 is 0 Å². The molecule has 0 radical (unpaired) electrons. The van der Waals surface area contributed by atoms with Crippen LogP contribution in [0.25, 0.3) is 0 Å². The van der Waals surface area contributed by atoms with E-state index in [0.717, 1.165) is 24.2 Å². The lowest BCUT2D eigenvalue weighted by atomic mass is 10.3. The van der Waals surface area contributed by atoms with E-state index in [-0.39, 0.29) is 22.5 Å². The van der Waals surface area contributed by atoms with E-state index in [4.69, 9.17) is 0 Å². The molecule has 0 aliphatic heterocycles. The topological polar surface area (TPSA) is 84.0 Å². The van der Waals surface area contributed by atoms with E-state index in [9.17, 15) is 14.0 Å². The van der Waals surface area contributed by atoms with Crippen LogP contribution in [0.4, 0.5) is 10.1 Å². The van der Waals surface area contributed by atoms with E-state index < -0.39 is 5.91 Å². The number of nitrogens with one attached hydrogen (secondary N) is 2. The summed E-state index contributed by atoms with van der Waals surface area (Å²) in [6, 6.07) is 5.44. The van der Waals surface area contributed by atoms with Crippen LogP contribution >= 0.6 is 23.1 Å². The van der Waals surface area contributed by atoms with Crippen molar-refractivity contribution < 1.29 is 14.0 Å². The number of carbonyl (C=O) groups excluding carboxylic acids is 2. The van der Waals surface area contributed by atoms with Gasteiger partial charge in [0.25, 0.3) is 5.91 Å². The number of hydrogen-bond acceptors (Lipinski definition) is 6. The van der Waals surface area contributed by atoms with Crippen molar-refractivity contribution in [2.75, 3.05) is 17.6 Å². The Morgan fingerprint density at radius 1 is 1.25 bits per heavy atom. The SMILES string of the molecule is CCCCNC(=O)CSc1nnc(C(=O)Nc2ccc(F)cc2)s1. The molecule has 0 spiro atoms. The van der Waals surface area contributed by atoms with Crippen molar-refractivity contribution in [1.29, 1.82) is 0 Å². The predicted molar refractivity (Wildman–Crippen MR) is 92.9 cm³/mol. The molecule has 0 fully saturated rings. The minimum atomic E-state index is -0.418. The Morgan fingerprint density at radius 3 is 2.71 bits per heavy atom. The second kappa shape index (κ2) is 9.33. The minimum Gasteiger partial charge on any atom is -0.355 e. The third-order valence-electron chi connectivity index (χ3n) is 2.88. The van der Waals surface area contributed by atoms with Crippen LogP contribution in [0.2, 0.25) is 0 Å². The van der Waals surface area contributed by atoms with Crippen molar-refractivity contribution in [1.82, 2.24) is 15.5 Å². The highest BCUT2D eigenvalue weighted by Gasteiger charge is 2.14. The van der Waals surface area contributed by atoms with Crippen LogP contribution in [0.3, 0.4) is 0 Å². The van der Waals surface area contributed by atoms with Gasteiger partial charge in [0.1, 0.15) is 5.82 Å². The average molecular weight is 368 g/mol. The summed E-state index contributed by atoms with van der Waals surface area (Å²) in [6.45, 7) is 2.72. The largest absolute Gasteiger partial charge is 0.355 e. The normalized spacial score (nSPS) is 10.4. The molecule has 1 aromatic heterocycles. The second-order valence-corrected chi connectivity index (χ2v) is 7.03. The van der Waals surface area contributed by atoms with Crippen LogP contribution < -0.4 is 10.6 Å². The van der Waals surface area contributed by atoms with Crippen molar-refractivity contribution in [2.24, 2.45) is 0 Å². The number of amides is 2. The van der Waals surface area contributed by atoms with Crippen LogP contribution in [-0.2, 0) is 4.79 Å². The molecule has 0 saturated carbocycles. The number of halogens is 1. The lowest BCUT2D eigenvalue weighted by Crippen LogP contribution is -2.25. The van der Waals surface area contributed by atoms with Gasteiger partial charge in [0.2, 0.25) is 10.9 Å². The van der Waals surface area contributed by atoms with Crippen molar-refractivity contribution in [3.63, 3.8) is 0 Å². The lowest BCUT2D eigenvalue weighted by molar-refractivity contribution is -0.118. The Bertz CT molecular complexity index is 691. The van der Waals surface area contributed by atoms with E-state index in [1.54, 1.807) is 0 Å². The van der Waals surface area contributed by atoms with Gasteiger partial charge in [-0.1, -0.05) is 36.4 Å². The molecule has 6 nitrogen and oxygen atoms in total. The summed E-state index contributed by atoms with van der Waals surface area (Å²) < 4.78 is 13.4. The third kappa shape index (κ3) is 5.89. The first-order valence-corrected chi connectivity index (χ1v) is 9.18. The molecular weight excluding hydrogens is 351 g/mol. The van der Waals surface area contributed by atoms with Crippen LogP contribution in [0.1, 0.15) is 29.6 Å². The molecule has 2 aromatic rings. The molecule has 0 aliphatic rings. The van der Waals surface area contributed by atoms with Crippen LogP contribution in [0.5, 0.6) is 0 Å². The van der Waals surface area contributed by atoms with Crippen molar-refractivity contribution >= 4 is 40.6 Å². The van der Waals surface area contributed by atoms with Crippen LogP contribution in [0, 0.1) is 5.82 Å². The van der Waals surface area contributed by atoms with Crippen molar-refractivity contribution in [2.45, 2.75) is 24.1 Å². The number of rotatable bonds is 8. The zero-order valence-corrected chi connectivity index (χ0v) is 14.7. The van der Waals surface area contributed by atoms with Gasteiger partial charge in [-0.3, -0.25) is 9.59 Å². The zero-order chi connectivity index (χ0) is 17.4. The maximum Gasteiger partial charge on any atom is 0.286 e. The molecule has 0 bridgehead atoms. The molecule has 0 unspecified atom stereocenters. The molecule has 0 aliphatic carbocycles. The summed E-state index contributed by atoms with van der Waals surface area (Å²) in [4.78, 5) is 23.7. The summed E-state index contributed by atoms with van der Waals surface area (Å²) in [5, 5.41) is 13.3. The van der Waals surface area contributed by atoms with Crippen LogP contribution in [0.15, 0.2) is 28.6 Å². The molecule has 9 heteroatoms. The first-order chi connectivity index (χ1) is 11.6. The fourth-order valence-electron chi connectivity index (χ4n) is 1.66. The smallest absolute Gasteiger partial charge is 0.286 e. The summed E-state index contributed by atoms with van der Waals surface area (Å²) in [7, 11) is 0. The summed E-state index contributed by atoms with van der Waals surface area (Å²) in [5.74, 6) is -0.628. The molecule has 1 heterocycles. The molecule has 128 valence electrons. The molecule has 0 saturated heterocycles. The minimum absolute atomic E-state index is 0.0686. The van der Waals surface area contributed by atoms with Crippen LogP contribution in [-0.4, -0.2) is 34.3 Å². The van der Waals surface area contributed by atoms with Gasteiger partial charge in [0.15, 0.2) is 4.34 Å². The second-order valence-electron chi connectivity index (χ2n) is 4.83. The Hall–Kier alpha value is -2.00. The fraction of sp³-hybridized carbons (Fsp3) is 0.333. The maximum atomic E-state index is 12.8. The Labute approximate surface area is 147 Å². The Kier molecular flexibility index (Phi) is 7.13.